The molecule has 2 aromatic rings. The Kier molecular flexibility index (Phi) is 10.3. The van der Waals surface area contributed by atoms with Crippen LogP contribution in [-0.4, -0.2) is 50.8 Å². The van der Waals surface area contributed by atoms with Crippen LogP contribution in [0.1, 0.15) is 6.92 Å². The second-order valence-electron chi connectivity index (χ2n) is 6.37. The summed E-state index contributed by atoms with van der Waals surface area (Å²) in [5, 5.41) is 0. The maximum absolute atomic E-state index is 12.1. The average molecular weight is 444 g/mol. The van der Waals surface area contributed by atoms with Crippen molar-refractivity contribution in [3.05, 3.63) is 72.8 Å². The summed E-state index contributed by atoms with van der Waals surface area (Å²) in [6, 6.07) is 16.6. The Hall–Kier alpha value is -3.85. The highest BCUT2D eigenvalue weighted by Gasteiger charge is 2.20. The quantitative estimate of drug-likeness (QED) is 0.168. The van der Waals surface area contributed by atoms with Gasteiger partial charge in [-0.25, -0.2) is 14.4 Å². The molecule has 0 bridgehead atoms. The molecule has 0 aliphatic carbocycles. The molecule has 9 nitrogen and oxygen atoms in total. The molecule has 0 saturated heterocycles. The molecule has 0 heterocycles. The van der Waals surface area contributed by atoms with E-state index >= 15 is 0 Å². The molecular weight excluding hydrogens is 420 g/mol. The van der Waals surface area contributed by atoms with E-state index in [1.165, 1.54) is 6.92 Å². The molecule has 32 heavy (non-hydrogen) atoms. The van der Waals surface area contributed by atoms with E-state index in [1.807, 2.05) is 0 Å². The highest BCUT2D eigenvalue weighted by molar-refractivity contribution is 5.86. The summed E-state index contributed by atoms with van der Waals surface area (Å²) >= 11 is 0. The summed E-state index contributed by atoms with van der Waals surface area (Å²) in [4.78, 5) is 35.3. The molecule has 0 N–H and O–H groups in total. The fourth-order valence-corrected chi connectivity index (χ4v) is 2.17. The normalized spacial score (nSPS) is 11.0. The van der Waals surface area contributed by atoms with E-state index in [0.717, 1.165) is 0 Å². The molecule has 2 rings (SSSR count). The highest BCUT2D eigenvalue weighted by atomic mass is 16.8. The van der Waals surface area contributed by atoms with Gasteiger partial charge in [0.1, 0.15) is 24.7 Å². The van der Waals surface area contributed by atoms with Crippen molar-refractivity contribution in [3.8, 4) is 11.5 Å². The van der Waals surface area contributed by atoms with Gasteiger partial charge in [-0.3, -0.25) is 0 Å². The lowest BCUT2D eigenvalue weighted by Crippen LogP contribution is -2.32. The molecule has 0 aromatic heterocycles. The molecule has 9 heteroatoms. The van der Waals surface area contributed by atoms with Gasteiger partial charge >= 0.3 is 18.3 Å². The largest absolute Gasteiger partial charge is 0.514 e. The second-order valence-corrected chi connectivity index (χ2v) is 6.37. The standard InChI is InChI=1S/C23H24O9/c1-17(2)21(24)28-14-13-27-15-20(32-23(26)31-19-11-7-4-8-12-19)16-29-22(25)30-18-9-5-3-6-10-18/h3-12,20H,1,13-16H2,2H3. The summed E-state index contributed by atoms with van der Waals surface area (Å²) in [5.41, 5.74) is 0.264. The molecular formula is C23H24O9. The number of carbonyl (C=O) groups excluding carboxylic acids is 3. The topological polar surface area (TPSA) is 107 Å². The van der Waals surface area contributed by atoms with Gasteiger partial charge in [-0.15, -0.1) is 0 Å². The van der Waals surface area contributed by atoms with Crippen LogP contribution < -0.4 is 9.47 Å². The first-order chi connectivity index (χ1) is 15.4. The number of hydrogen-bond donors (Lipinski definition) is 0. The Morgan fingerprint density at radius 3 is 1.91 bits per heavy atom. The van der Waals surface area contributed by atoms with E-state index < -0.39 is 24.4 Å². The number of rotatable bonds is 11. The molecule has 170 valence electrons. The lowest BCUT2D eigenvalue weighted by atomic mass is 10.3. The van der Waals surface area contributed by atoms with Gasteiger partial charge in [-0.2, -0.15) is 0 Å². The van der Waals surface area contributed by atoms with Gasteiger partial charge in [0.15, 0.2) is 6.10 Å². The van der Waals surface area contributed by atoms with Crippen molar-refractivity contribution >= 4 is 18.3 Å². The Morgan fingerprint density at radius 2 is 1.34 bits per heavy atom. The summed E-state index contributed by atoms with van der Waals surface area (Å²) in [7, 11) is 0. The molecule has 0 fully saturated rings. The van der Waals surface area contributed by atoms with Crippen LogP contribution in [0.4, 0.5) is 9.59 Å². The van der Waals surface area contributed by atoms with Crippen molar-refractivity contribution in [2.75, 3.05) is 26.4 Å². The van der Waals surface area contributed by atoms with Gasteiger partial charge in [-0.1, -0.05) is 43.0 Å². The number of hydrogen-bond acceptors (Lipinski definition) is 9. The third-order valence-corrected chi connectivity index (χ3v) is 3.65. The molecule has 1 atom stereocenters. The van der Waals surface area contributed by atoms with Crippen molar-refractivity contribution in [2.24, 2.45) is 0 Å². The fraction of sp³-hybridized carbons (Fsp3) is 0.261. The zero-order chi connectivity index (χ0) is 23.2. The first kappa shape index (κ1) is 24.4. The van der Waals surface area contributed by atoms with E-state index in [2.05, 4.69) is 6.58 Å². The van der Waals surface area contributed by atoms with Crippen LogP contribution >= 0.6 is 0 Å². The fourth-order valence-electron chi connectivity index (χ4n) is 2.17. The molecule has 2 aromatic carbocycles. The van der Waals surface area contributed by atoms with Crippen LogP contribution in [0.2, 0.25) is 0 Å². The molecule has 0 spiro atoms. The molecule has 0 aliphatic rings. The van der Waals surface area contributed by atoms with Gasteiger partial charge in [0.05, 0.1) is 13.2 Å². The van der Waals surface area contributed by atoms with Crippen molar-refractivity contribution in [1.82, 2.24) is 0 Å². The number of ether oxygens (including phenoxy) is 6. The van der Waals surface area contributed by atoms with Gasteiger partial charge in [-0.05, 0) is 31.2 Å². The van der Waals surface area contributed by atoms with E-state index in [-0.39, 0.29) is 37.8 Å². The Morgan fingerprint density at radius 1 is 0.781 bits per heavy atom. The van der Waals surface area contributed by atoms with E-state index in [4.69, 9.17) is 28.4 Å². The van der Waals surface area contributed by atoms with E-state index in [9.17, 15) is 14.4 Å². The lowest BCUT2D eigenvalue weighted by molar-refractivity contribution is -0.140. The predicted octanol–water partition coefficient (Wildman–Crippen LogP) is 3.92. The Bertz CT molecular complexity index is 881. The second kappa shape index (κ2) is 13.5. The Balaban J connectivity index is 1.83. The minimum absolute atomic E-state index is 0.0240. The Labute approximate surface area is 185 Å². The summed E-state index contributed by atoms with van der Waals surface area (Å²) < 4.78 is 30.5. The molecule has 0 radical (unpaired) electrons. The summed E-state index contributed by atoms with van der Waals surface area (Å²) in [6.07, 6.45) is -2.97. The molecule has 0 amide bonds. The summed E-state index contributed by atoms with van der Waals surface area (Å²) in [5.74, 6) is 0.0437. The molecule has 0 aliphatic heterocycles. The van der Waals surface area contributed by atoms with Gasteiger partial charge in [0, 0.05) is 5.57 Å². The monoisotopic (exact) mass is 444 g/mol. The third-order valence-electron chi connectivity index (χ3n) is 3.65. The maximum Gasteiger partial charge on any atom is 0.514 e. The van der Waals surface area contributed by atoms with Gasteiger partial charge < -0.3 is 28.4 Å². The minimum atomic E-state index is -1.00. The van der Waals surface area contributed by atoms with Crippen LogP contribution in [-0.2, 0) is 23.7 Å². The number of benzene rings is 2. The van der Waals surface area contributed by atoms with Crippen LogP contribution in [0.25, 0.3) is 0 Å². The van der Waals surface area contributed by atoms with Crippen LogP contribution in [0, 0.1) is 0 Å². The van der Waals surface area contributed by atoms with Crippen molar-refractivity contribution in [1.29, 1.82) is 0 Å². The lowest BCUT2D eigenvalue weighted by Gasteiger charge is -2.17. The molecule has 0 saturated carbocycles. The smallest absolute Gasteiger partial charge is 0.460 e. The van der Waals surface area contributed by atoms with Crippen LogP contribution in [0.15, 0.2) is 72.8 Å². The zero-order valence-electron chi connectivity index (χ0n) is 17.6. The first-order valence-corrected chi connectivity index (χ1v) is 9.67. The van der Waals surface area contributed by atoms with Crippen LogP contribution in [0.5, 0.6) is 11.5 Å². The zero-order valence-corrected chi connectivity index (χ0v) is 17.6. The first-order valence-electron chi connectivity index (χ1n) is 9.67. The maximum atomic E-state index is 12.1. The number of esters is 1. The van der Waals surface area contributed by atoms with Gasteiger partial charge in [0.2, 0.25) is 0 Å². The van der Waals surface area contributed by atoms with E-state index in [1.54, 1.807) is 60.7 Å². The van der Waals surface area contributed by atoms with Gasteiger partial charge in [0.25, 0.3) is 0 Å². The van der Waals surface area contributed by atoms with Crippen LogP contribution in [0.3, 0.4) is 0 Å². The SMILES string of the molecule is C=C(C)C(=O)OCCOCC(COC(=O)Oc1ccccc1)OC(=O)Oc1ccccc1. The van der Waals surface area contributed by atoms with Crippen molar-refractivity contribution in [3.63, 3.8) is 0 Å². The van der Waals surface area contributed by atoms with E-state index in [0.29, 0.717) is 5.75 Å². The summed E-state index contributed by atoms with van der Waals surface area (Å²) in [6.45, 7) is 4.51. The van der Waals surface area contributed by atoms with Crippen molar-refractivity contribution < 1.29 is 42.8 Å². The minimum Gasteiger partial charge on any atom is -0.460 e. The number of carbonyl (C=O) groups is 3. The average Bonchev–Trinajstić information content (AvgIpc) is 2.78. The number of para-hydroxylation sites is 2. The molecule has 1 unspecified atom stereocenters. The predicted molar refractivity (Wildman–Crippen MR) is 112 cm³/mol. The third kappa shape index (κ3) is 9.77. The van der Waals surface area contributed by atoms with Crippen molar-refractivity contribution in [2.45, 2.75) is 13.0 Å². The highest BCUT2D eigenvalue weighted by Crippen LogP contribution is 2.12.